The lowest BCUT2D eigenvalue weighted by Gasteiger charge is -2.36. The molecule has 30 heavy (non-hydrogen) atoms. The van der Waals surface area contributed by atoms with Gasteiger partial charge in [0.2, 0.25) is 5.89 Å². The highest BCUT2D eigenvalue weighted by atomic mass is 127. The zero-order chi connectivity index (χ0) is 20.6. The number of aromatic nitrogens is 2. The van der Waals surface area contributed by atoms with Crippen molar-refractivity contribution in [2.75, 3.05) is 33.2 Å². The maximum absolute atomic E-state index is 5.31. The van der Waals surface area contributed by atoms with E-state index >= 15 is 0 Å². The molecule has 1 atom stereocenters. The molecule has 2 N–H and O–H groups in total. The van der Waals surface area contributed by atoms with E-state index in [9.17, 15) is 0 Å². The third-order valence-corrected chi connectivity index (χ3v) is 6.42. The quantitative estimate of drug-likeness (QED) is 0.296. The fraction of sp³-hybridized carbons (Fsp3) is 0.667. The van der Waals surface area contributed by atoms with Crippen LogP contribution in [0.1, 0.15) is 62.2 Å². The normalized spacial score (nSPS) is 17.0. The van der Waals surface area contributed by atoms with Gasteiger partial charge >= 0.3 is 0 Å². The number of nitrogens with one attached hydrogen (secondary N) is 2. The van der Waals surface area contributed by atoms with E-state index in [1.807, 2.05) is 18.4 Å². The third kappa shape index (κ3) is 7.19. The number of piperidine rings is 1. The standard InChI is InChI=1S/C21H34N6OS.HI/c1-15(2)20-25-19(28-26-20)7-10-23-21(22-4)24-14-17(18-6-5-13-29-18)27-11-8-16(3)9-12-27;/h5-6,13,15-17H,7-12,14H2,1-4H3,(H2,22,23,24);1H. The van der Waals surface area contributed by atoms with Crippen LogP contribution in [-0.4, -0.2) is 54.2 Å². The molecule has 0 aromatic carbocycles. The Labute approximate surface area is 201 Å². The number of likely N-dealkylation sites (tertiary alicyclic amines) is 1. The molecule has 168 valence electrons. The van der Waals surface area contributed by atoms with Gasteiger partial charge < -0.3 is 15.2 Å². The first kappa shape index (κ1) is 25.1. The Balaban J connectivity index is 0.00000320. The van der Waals surface area contributed by atoms with Crippen molar-refractivity contribution in [2.24, 2.45) is 10.9 Å². The van der Waals surface area contributed by atoms with Crippen molar-refractivity contribution in [2.45, 2.75) is 52.0 Å². The molecule has 0 spiro atoms. The summed E-state index contributed by atoms with van der Waals surface area (Å²) in [5.41, 5.74) is 0. The van der Waals surface area contributed by atoms with Crippen LogP contribution >= 0.6 is 35.3 Å². The maximum atomic E-state index is 5.31. The average Bonchev–Trinajstić information content (AvgIpc) is 3.40. The van der Waals surface area contributed by atoms with Crippen LogP contribution in [-0.2, 0) is 6.42 Å². The van der Waals surface area contributed by atoms with Crippen LogP contribution in [0.15, 0.2) is 27.0 Å². The lowest BCUT2D eigenvalue weighted by atomic mass is 9.97. The smallest absolute Gasteiger partial charge is 0.228 e. The number of guanidine groups is 1. The van der Waals surface area contributed by atoms with Gasteiger partial charge in [0.1, 0.15) is 0 Å². The highest BCUT2D eigenvalue weighted by molar-refractivity contribution is 14.0. The van der Waals surface area contributed by atoms with Crippen molar-refractivity contribution >= 4 is 41.3 Å². The van der Waals surface area contributed by atoms with E-state index in [2.05, 4.69) is 69.0 Å². The summed E-state index contributed by atoms with van der Waals surface area (Å²) in [4.78, 5) is 12.8. The summed E-state index contributed by atoms with van der Waals surface area (Å²) in [5, 5.41) is 13.1. The zero-order valence-electron chi connectivity index (χ0n) is 18.4. The van der Waals surface area contributed by atoms with E-state index in [4.69, 9.17) is 4.52 Å². The summed E-state index contributed by atoms with van der Waals surface area (Å²) in [6.07, 6.45) is 3.23. The van der Waals surface area contributed by atoms with Gasteiger partial charge in [-0.25, -0.2) is 0 Å². The van der Waals surface area contributed by atoms with Gasteiger partial charge in [0.15, 0.2) is 11.8 Å². The number of halogens is 1. The first-order valence-corrected chi connectivity index (χ1v) is 11.5. The Hall–Kier alpha value is -1.20. The Morgan fingerprint density at radius 3 is 2.70 bits per heavy atom. The molecule has 0 aliphatic carbocycles. The first-order valence-electron chi connectivity index (χ1n) is 10.6. The van der Waals surface area contributed by atoms with Gasteiger partial charge in [0.25, 0.3) is 0 Å². The van der Waals surface area contributed by atoms with Crippen LogP contribution in [0, 0.1) is 5.92 Å². The Morgan fingerprint density at radius 1 is 1.33 bits per heavy atom. The van der Waals surface area contributed by atoms with Crippen molar-refractivity contribution in [3.8, 4) is 0 Å². The summed E-state index contributed by atoms with van der Waals surface area (Å²) < 4.78 is 5.31. The van der Waals surface area contributed by atoms with Crippen LogP contribution < -0.4 is 10.6 Å². The molecule has 2 aromatic heterocycles. The van der Waals surface area contributed by atoms with Gasteiger partial charge in [-0.2, -0.15) is 4.98 Å². The summed E-state index contributed by atoms with van der Waals surface area (Å²) in [5.74, 6) is 3.34. The second-order valence-corrected chi connectivity index (χ2v) is 9.06. The summed E-state index contributed by atoms with van der Waals surface area (Å²) in [6.45, 7) is 10.3. The molecule has 3 rings (SSSR count). The zero-order valence-corrected chi connectivity index (χ0v) is 21.6. The molecular formula is C21H35IN6OS. The predicted octanol–water partition coefficient (Wildman–Crippen LogP) is 4.05. The molecule has 3 heterocycles. The molecule has 0 bridgehead atoms. The molecule has 9 heteroatoms. The summed E-state index contributed by atoms with van der Waals surface area (Å²) in [7, 11) is 1.81. The third-order valence-electron chi connectivity index (χ3n) is 5.45. The highest BCUT2D eigenvalue weighted by Gasteiger charge is 2.25. The van der Waals surface area contributed by atoms with E-state index in [1.54, 1.807) is 0 Å². The number of thiophene rings is 1. The number of nitrogens with zero attached hydrogens (tertiary/aromatic N) is 4. The Morgan fingerprint density at radius 2 is 2.10 bits per heavy atom. The number of hydrogen-bond donors (Lipinski definition) is 2. The molecule has 1 unspecified atom stereocenters. The van der Waals surface area contributed by atoms with E-state index in [0.29, 0.717) is 24.9 Å². The average molecular weight is 547 g/mol. The monoisotopic (exact) mass is 546 g/mol. The van der Waals surface area contributed by atoms with Gasteiger partial charge in [0, 0.05) is 37.4 Å². The minimum atomic E-state index is 0. The Kier molecular flexibility index (Phi) is 10.5. The van der Waals surface area contributed by atoms with Crippen LogP contribution in [0.2, 0.25) is 0 Å². The minimum Gasteiger partial charge on any atom is -0.356 e. The van der Waals surface area contributed by atoms with E-state index < -0.39 is 0 Å². The van der Waals surface area contributed by atoms with Crippen molar-refractivity contribution < 1.29 is 4.52 Å². The molecule has 1 saturated heterocycles. The highest BCUT2D eigenvalue weighted by Crippen LogP contribution is 2.29. The lowest BCUT2D eigenvalue weighted by molar-refractivity contribution is 0.140. The molecule has 7 nitrogen and oxygen atoms in total. The molecule has 0 amide bonds. The van der Waals surface area contributed by atoms with E-state index in [0.717, 1.165) is 37.3 Å². The fourth-order valence-corrected chi connectivity index (χ4v) is 4.40. The topological polar surface area (TPSA) is 78.6 Å². The summed E-state index contributed by atoms with van der Waals surface area (Å²) in [6, 6.07) is 4.76. The summed E-state index contributed by atoms with van der Waals surface area (Å²) >= 11 is 1.83. The van der Waals surface area contributed by atoms with E-state index in [1.165, 1.54) is 17.7 Å². The van der Waals surface area contributed by atoms with Crippen LogP contribution in [0.4, 0.5) is 0 Å². The molecular weight excluding hydrogens is 511 g/mol. The van der Waals surface area contributed by atoms with Crippen molar-refractivity contribution in [3.63, 3.8) is 0 Å². The van der Waals surface area contributed by atoms with Crippen LogP contribution in [0.25, 0.3) is 0 Å². The molecule has 0 radical (unpaired) electrons. The van der Waals surface area contributed by atoms with Crippen molar-refractivity contribution in [3.05, 3.63) is 34.1 Å². The fourth-order valence-electron chi connectivity index (χ4n) is 3.54. The lowest BCUT2D eigenvalue weighted by Crippen LogP contribution is -2.45. The SMILES string of the molecule is CN=C(NCCc1nc(C(C)C)no1)NCC(c1cccs1)N1CCC(C)CC1.I. The Bertz CT molecular complexity index is 755. The van der Waals surface area contributed by atoms with Crippen LogP contribution in [0.3, 0.4) is 0 Å². The van der Waals surface area contributed by atoms with E-state index in [-0.39, 0.29) is 29.9 Å². The number of aliphatic imine (C=N–C) groups is 1. The number of rotatable bonds is 8. The van der Waals surface area contributed by atoms with Crippen molar-refractivity contribution in [1.82, 2.24) is 25.7 Å². The van der Waals surface area contributed by atoms with Gasteiger partial charge in [0.05, 0.1) is 6.04 Å². The minimum absolute atomic E-state index is 0. The molecule has 1 aliphatic rings. The van der Waals surface area contributed by atoms with Crippen LogP contribution in [0.5, 0.6) is 0 Å². The molecule has 0 saturated carbocycles. The van der Waals surface area contributed by atoms with Gasteiger partial charge in [-0.05, 0) is 43.3 Å². The molecule has 2 aromatic rings. The maximum Gasteiger partial charge on any atom is 0.228 e. The van der Waals surface area contributed by atoms with Gasteiger partial charge in [-0.1, -0.05) is 32.0 Å². The molecule has 1 fully saturated rings. The largest absolute Gasteiger partial charge is 0.356 e. The van der Waals surface area contributed by atoms with Crippen molar-refractivity contribution in [1.29, 1.82) is 0 Å². The predicted molar refractivity (Wildman–Crippen MR) is 134 cm³/mol. The molecule has 1 aliphatic heterocycles. The number of hydrogen-bond acceptors (Lipinski definition) is 6. The van der Waals surface area contributed by atoms with Gasteiger partial charge in [-0.15, -0.1) is 35.3 Å². The van der Waals surface area contributed by atoms with Gasteiger partial charge in [-0.3, -0.25) is 9.89 Å². The second-order valence-electron chi connectivity index (χ2n) is 8.08. The second kappa shape index (κ2) is 12.6. The first-order chi connectivity index (χ1) is 14.1.